The minimum atomic E-state index is 0.185. The highest BCUT2D eigenvalue weighted by Gasteiger charge is 2.20. The highest BCUT2D eigenvalue weighted by molar-refractivity contribution is 5.93. The lowest BCUT2D eigenvalue weighted by atomic mass is 10.3. The maximum absolute atomic E-state index is 5.66. The first-order chi connectivity index (χ1) is 11.7. The van der Waals surface area contributed by atoms with E-state index in [2.05, 4.69) is 22.5 Å². The van der Waals surface area contributed by atoms with Crippen molar-refractivity contribution in [3.05, 3.63) is 24.3 Å². The van der Waals surface area contributed by atoms with Gasteiger partial charge in [-0.05, 0) is 70.2 Å². The van der Waals surface area contributed by atoms with Gasteiger partial charge in [-0.3, -0.25) is 4.99 Å². The van der Waals surface area contributed by atoms with Crippen LogP contribution in [0.15, 0.2) is 29.3 Å². The molecule has 1 fully saturated rings. The van der Waals surface area contributed by atoms with Crippen molar-refractivity contribution in [2.45, 2.75) is 46.1 Å². The second-order valence-electron chi connectivity index (χ2n) is 6.45. The summed E-state index contributed by atoms with van der Waals surface area (Å²) in [6.07, 6.45) is 3.82. The zero-order valence-electron chi connectivity index (χ0n) is 15.2. The van der Waals surface area contributed by atoms with Gasteiger partial charge < -0.3 is 20.1 Å². The fourth-order valence-electron chi connectivity index (χ4n) is 2.22. The van der Waals surface area contributed by atoms with E-state index in [0.717, 1.165) is 56.0 Å². The van der Waals surface area contributed by atoms with E-state index in [0.29, 0.717) is 0 Å². The van der Waals surface area contributed by atoms with Crippen LogP contribution >= 0.6 is 0 Å². The summed E-state index contributed by atoms with van der Waals surface area (Å²) < 4.78 is 11.3. The number of hydrogen-bond donors (Lipinski definition) is 2. The number of ether oxygens (including phenoxy) is 2. The summed E-state index contributed by atoms with van der Waals surface area (Å²) >= 11 is 0. The average molecular weight is 333 g/mol. The smallest absolute Gasteiger partial charge is 0.195 e. The average Bonchev–Trinajstić information content (AvgIpc) is 3.36. The topological polar surface area (TPSA) is 54.9 Å². The SMILES string of the molecule is CCNC(=NCCCOCC1CC1)Nc1ccc(OC(C)C)cc1. The molecular formula is C19H31N3O2. The number of guanidine groups is 1. The third kappa shape index (κ3) is 7.68. The minimum absolute atomic E-state index is 0.185. The van der Waals surface area contributed by atoms with Gasteiger partial charge in [0.1, 0.15) is 5.75 Å². The summed E-state index contributed by atoms with van der Waals surface area (Å²) in [5.41, 5.74) is 0.996. The molecule has 0 atom stereocenters. The van der Waals surface area contributed by atoms with Crippen LogP contribution in [0.3, 0.4) is 0 Å². The third-order valence-corrected chi connectivity index (χ3v) is 3.60. The lowest BCUT2D eigenvalue weighted by Crippen LogP contribution is -2.30. The Morgan fingerprint density at radius 2 is 2.00 bits per heavy atom. The zero-order chi connectivity index (χ0) is 17.2. The molecule has 0 amide bonds. The van der Waals surface area contributed by atoms with Crippen molar-refractivity contribution in [2.24, 2.45) is 10.9 Å². The number of benzene rings is 1. The summed E-state index contributed by atoms with van der Waals surface area (Å²) in [7, 11) is 0. The molecule has 1 saturated carbocycles. The minimum Gasteiger partial charge on any atom is -0.491 e. The molecule has 0 saturated heterocycles. The zero-order valence-corrected chi connectivity index (χ0v) is 15.2. The standard InChI is InChI=1S/C19H31N3O2/c1-4-20-19(21-12-5-13-23-14-16-6-7-16)22-17-8-10-18(11-9-17)24-15(2)3/h8-11,15-16H,4-7,12-14H2,1-3H3,(H2,20,21,22). The second-order valence-corrected chi connectivity index (χ2v) is 6.45. The molecule has 0 unspecified atom stereocenters. The van der Waals surface area contributed by atoms with Crippen molar-refractivity contribution in [1.82, 2.24) is 5.32 Å². The summed E-state index contributed by atoms with van der Waals surface area (Å²) in [6, 6.07) is 7.95. The van der Waals surface area contributed by atoms with Crippen molar-refractivity contribution < 1.29 is 9.47 Å². The Morgan fingerprint density at radius 1 is 1.25 bits per heavy atom. The first kappa shape index (κ1) is 18.6. The Balaban J connectivity index is 1.74. The number of rotatable bonds is 10. The van der Waals surface area contributed by atoms with E-state index < -0.39 is 0 Å². The normalized spacial score (nSPS) is 14.8. The predicted octanol–water partition coefficient (Wildman–Crippen LogP) is 3.67. The van der Waals surface area contributed by atoms with Gasteiger partial charge in [-0.2, -0.15) is 0 Å². The van der Waals surface area contributed by atoms with Crippen LogP contribution in [0, 0.1) is 5.92 Å². The van der Waals surface area contributed by atoms with Crippen LogP contribution in [0.1, 0.15) is 40.0 Å². The van der Waals surface area contributed by atoms with Crippen LogP contribution in [0.4, 0.5) is 5.69 Å². The van der Waals surface area contributed by atoms with E-state index in [-0.39, 0.29) is 6.10 Å². The maximum Gasteiger partial charge on any atom is 0.195 e. The molecule has 134 valence electrons. The molecule has 5 heteroatoms. The Morgan fingerprint density at radius 3 is 2.62 bits per heavy atom. The van der Waals surface area contributed by atoms with Crippen LogP contribution in [0.25, 0.3) is 0 Å². The first-order valence-electron chi connectivity index (χ1n) is 9.07. The van der Waals surface area contributed by atoms with Crippen molar-refractivity contribution >= 4 is 11.6 Å². The van der Waals surface area contributed by atoms with Gasteiger partial charge in [0.2, 0.25) is 0 Å². The molecule has 0 aromatic heterocycles. The van der Waals surface area contributed by atoms with Crippen molar-refractivity contribution in [3.63, 3.8) is 0 Å². The van der Waals surface area contributed by atoms with Gasteiger partial charge in [0, 0.05) is 32.0 Å². The molecule has 1 aliphatic carbocycles. The quantitative estimate of drug-likeness (QED) is 0.390. The molecule has 0 aliphatic heterocycles. The Hall–Kier alpha value is -1.75. The lowest BCUT2D eigenvalue weighted by Gasteiger charge is -2.13. The molecule has 0 heterocycles. The highest BCUT2D eigenvalue weighted by atomic mass is 16.5. The molecule has 0 spiro atoms. The van der Waals surface area contributed by atoms with Crippen LogP contribution in [-0.4, -0.2) is 38.4 Å². The van der Waals surface area contributed by atoms with Crippen LogP contribution in [0.2, 0.25) is 0 Å². The van der Waals surface area contributed by atoms with Crippen LogP contribution in [-0.2, 0) is 4.74 Å². The van der Waals surface area contributed by atoms with Crippen molar-refractivity contribution in [1.29, 1.82) is 0 Å². The van der Waals surface area contributed by atoms with Gasteiger partial charge in [-0.1, -0.05) is 0 Å². The van der Waals surface area contributed by atoms with Gasteiger partial charge >= 0.3 is 0 Å². The summed E-state index contributed by atoms with van der Waals surface area (Å²) in [5, 5.41) is 6.59. The highest BCUT2D eigenvalue weighted by Crippen LogP contribution is 2.28. The molecule has 0 bridgehead atoms. The van der Waals surface area contributed by atoms with Crippen molar-refractivity contribution in [2.75, 3.05) is 31.6 Å². The fraction of sp³-hybridized carbons (Fsp3) is 0.632. The number of nitrogens with one attached hydrogen (secondary N) is 2. The number of hydrogen-bond acceptors (Lipinski definition) is 3. The number of anilines is 1. The van der Waals surface area contributed by atoms with Crippen LogP contribution < -0.4 is 15.4 Å². The molecule has 2 N–H and O–H groups in total. The van der Waals surface area contributed by atoms with Gasteiger partial charge in [0.05, 0.1) is 6.10 Å². The molecule has 1 aromatic carbocycles. The van der Waals surface area contributed by atoms with Crippen LogP contribution in [0.5, 0.6) is 5.75 Å². The molecule has 5 nitrogen and oxygen atoms in total. The molecular weight excluding hydrogens is 302 g/mol. The van der Waals surface area contributed by atoms with E-state index in [1.165, 1.54) is 12.8 Å². The molecule has 0 radical (unpaired) electrons. The second kappa shape index (κ2) is 10.2. The number of aliphatic imine (C=N–C) groups is 1. The fourth-order valence-corrected chi connectivity index (χ4v) is 2.22. The Kier molecular flexibility index (Phi) is 7.89. The lowest BCUT2D eigenvalue weighted by molar-refractivity contribution is 0.123. The van der Waals surface area contributed by atoms with E-state index >= 15 is 0 Å². The van der Waals surface area contributed by atoms with Gasteiger partial charge in [-0.15, -0.1) is 0 Å². The van der Waals surface area contributed by atoms with E-state index in [9.17, 15) is 0 Å². The summed E-state index contributed by atoms with van der Waals surface area (Å²) in [5.74, 6) is 2.51. The maximum atomic E-state index is 5.66. The largest absolute Gasteiger partial charge is 0.491 e. The summed E-state index contributed by atoms with van der Waals surface area (Å²) in [4.78, 5) is 4.60. The molecule has 1 aliphatic rings. The summed E-state index contributed by atoms with van der Waals surface area (Å²) in [6.45, 7) is 9.42. The van der Waals surface area contributed by atoms with Gasteiger partial charge in [-0.25, -0.2) is 0 Å². The first-order valence-corrected chi connectivity index (χ1v) is 9.07. The van der Waals surface area contributed by atoms with Gasteiger partial charge in [0.15, 0.2) is 5.96 Å². The molecule has 1 aromatic rings. The number of nitrogens with zero attached hydrogens (tertiary/aromatic N) is 1. The molecule has 2 rings (SSSR count). The Bertz CT molecular complexity index is 496. The van der Waals surface area contributed by atoms with Crippen molar-refractivity contribution in [3.8, 4) is 5.75 Å². The monoisotopic (exact) mass is 333 g/mol. The van der Waals surface area contributed by atoms with E-state index in [1.807, 2.05) is 38.1 Å². The predicted molar refractivity (Wildman–Crippen MR) is 100.0 cm³/mol. The molecule has 24 heavy (non-hydrogen) atoms. The van der Waals surface area contributed by atoms with E-state index in [4.69, 9.17) is 9.47 Å². The Labute approximate surface area is 145 Å². The van der Waals surface area contributed by atoms with Gasteiger partial charge in [0.25, 0.3) is 0 Å². The third-order valence-electron chi connectivity index (χ3n) is 3.60. The van der Waals surface area contributed by atoms with E-state index in [1.54, 1.807) is 0 Å².